The first-order valence-electron chi connectivity index (χ1n) is 5.20. The van der Waals surface area contributed by atoms with Gasteiger partial charge in [-0.3, -0.25) is 4.90 Å². The molecule has 2 fully saturated rings. The molecule has 0 amide bonds. The summed E-state index contributed by atoms with van der Waals surface area (Å²) in [5.41, 5.74) is 6.31. The Morgan fingerprint density at radius 1 is 1.42 bits per heavy atom. The van der Waals surface area contributed by atoms with Gasteiger partial charge in [0.2, 0.25) is 0 Å². The van der Waals surface area contributed by atoms with Gasteiger partial charge in [-0.25, -0.2) is 0 Å². The molecule has 0 bridgehead atoms. The van der Waals surface area contributed by atoms with Crippen LogP contribution in [0.4, 0.5) is 0 Å². The Bertz CT molecular complexity index is 155. The lowest BCUT2D eigenvalue weighted by molar-refractivity contribution is -0.0802. The number of nitrogens with two attached hydrogens (primary N) is 1. The van der Waals surface area contributed by atoms with E-state index in [1.54, 1.807) is 0 Å². The molecule has 1 atom stereocenters. The molecule has 0 aromatic carbocycles. The van der Waals surface area contributed by atoms with Crippen LogP contribution in [0.5, 0.6) is 0 Å². The lowest BCUT2D eigenvalue weighted by Crippen LogP contribution is -2.62. The fraction of sp³-hybridized carbons (Fsp3) is 1.00. The molecule has 2 rings (SSSR count). The van der Waals surface area contributed by atoms with Crippen LogP contribution in [0.25, 0.3) is 0 Å². The van der Waals surface area contributed by atoms with Crippen molar-refractivity contribution in [3.63, 3.8) is 0 Å². The summed E-state index contributed by atoms with van der Waals surface area (Å²) in [5.74, 6) is 0. The van der Waals surface area contributed by atoms with Gasteiger partial charge in [0.05, 0.1) is 0 Å². The van der Waals surface area contributed by atoms with E-state index in [1.165, 1.54) is 32.4 Å². The fourth-order valence-electron chi connectivity index (χ4n) is 2.54. The van der Waals surface area contributed by atoms with Gasteiger partial charge in [0.1, 0.15) is 0 Å². The van der Waals surface area contributed by atoms with Crippen molar-refractivity contribution in [3.8, 4) is 0 Å². The molecule has 70 valence electrons. The number of likely N-dealkylation sites (tertiary alicyclic amines) is 1. The molecule has 2 aliphatic rings. The molecule has 1 saturated heterocycles. The monoisotopic (exact) mass is 168 g/mol. The van der Waals surface area contributed by atoms with Crippen molar-refractivity contribution in [2.45, 2.75) is 38.6 Å². The smallest absolute Gasteiger partial charge is 0.00794 e. The highest BCUT2D eigenvalue weighted by Gasteiger charge is 2.47. The van der Waals surface area contributed by atoms with Crippen LogP contribution in [-0.4, -0.2) is 30.6 Å². The summed E-state index contributed by atoms with van der Waals surface area (Å²) in [6, 6.07) is 0.723. The molecule has 0 aromatic heterocycles. The molecule has 1 aliphatic heterocycles. The van der Waals surface area contributed by atoms with Gasteiger partial charge in [-0.05, 0) is 38.1 Å². The Labute approximate surface area is 75.1 Å². The van der Waals surface area contributed by atoms with Crippen molar-refractivity contribution >= 4 is 0 Å². The zero-order valence-electron chi connectivity index (χ0n) is 8.05. The van der Waals surface area contributed by atoms with E-state index in [-0.39, 0.29) is 0 Å². The number of nitrogens with zero attached hydrogens (tertiary/aromatic N) is 1. The van der Waals surface area contributed by atoms with E-state index < -0.39 is 0 Å². The molecule has 0 radical (unpaired) electrons. The molecule has 2 nitrogen and oxygen atoms in total. The van der Waals surface area contributed by atoms with E-state index in [4.69, 9.17) is 5.73 Å². The standard InChI is InChI=1S/C10H20N2/c1-9(3-6-11)12-7-10(8-12)4-2-5-10/h9H,2-8,11H2,1H3. The summed E-state index contributed by atoms with van der Waals surface area (Å²) in [6.45, 7) is 5.85. The average Bonchev–Trinajstić information content (AvgIpc) is 1.81. The van der Waals surface area contributed by atoms with Crippen LogP contribution in [0, 0.1) is 5.41 Å². The zero-order valence-corrected chi connectivity index (χ0v) is 8.05. The van der Waals surface area contributed by atoms with Crippen molar-refractivity contribution < 1.29 is 0 Å². The summed E-state index contributed by atoms with van der Waals surface area (Å²) in [5, 5.41) is 0. The molecular weight excluding hydrogens is 148 g/mol. The molecule has 1 spiro atoms. The van der Waals surface area contributed by atoms with Gasteiger partial charge in [-0.2, -0.15) is 0 Å². The second-order valence-electron chi connectivity index (χ2n) is 4.68. The third-order valence-corrected chi connectivity index (χ3v) is 3.70. The molecule has 1 heterocycles. The minimum Gasteiger partial charge on any atom is -0.330 e. The summed E-state index contributed by atoms with van der Waals surface area (Å²) < 4.78 is 0. The first kappa shape index (κ1) is 8.52. The van der Waals surface area contributed by atoms with Gasteiger partial charge >= 0.3 is 0 Å². The molecule has 12 heavy (non-hydrogen) atoms. The molecular formula is C10H20N2. The first-order valence-corrected chi connectivity index (χ1v) is 5.20. The summed E-state index contributed by atoms with van der Waals surface area (Å²) in [7, 11) is 0. The summed E-state index contributed by atoms with van der Waals surface area (Å²) in [4.78, 5) is 2.59. The van der Waals surface area contributed by atoms with Gasteiger partial charge in [-0.15, -0.1) is 0 Å². The third-order valence-electron chi connectivity index (χ3n) is 3.70. The first-order chi connectivity index (χ1) is 5.76. The maximum Gasteiger partial charge on any atom is 0.00794 e. The van der Waals surface area contributed by atoms with Crippen LogP contribution >= 0.6 is 0 Å². The van der Waals surface area contributed by atoms with Crippen molar-refractivity contribution in [1.29, 1.82) is 0 Å². The zero-order chi connectivity index (χ0) is 8.60. The maximum atomic E-state index is 5.53. The average molecular weight is 168 g/mol. The quantitative estimate of drug-likeness (QED) is 0.686. The van der Waals surface area contributed by atoms with E-state index in [1.807, 2.05) is 0 Å². The lowest BCUT2D eigenvalue weighted by atomic mass is 9.63. The highest BCUT2D eigenvalue weighted by molar-refractivity contribution is 5.01. The van der Waals surface area contributed by atoms with Crippen LogP contribution in [-0.2, 0) is 0 Å². The minimum absolute atomic E-state index is 0.723. The summed E-state index contributed by atoms with van der Waals surface area (Å²) in [6.07, 6.45) is 5.60. The molecule has 1 unspecified atom stereocenters. The third kappa shape index (κ3) is 1.27. The topological polar surface area (TPSA) is 29.3 Å². The van der Waals surface area contributed by atoms with Crippen LogP contribution in [0.15, 0.2) is 0 Å². The maximum absolute atomic E-state index is 5.53. The highest BCUT2D eigenvalue weighted by Crippen LogP contribution is 2.48. The van der Waals surface area contributed by atoms with E-state index >= 15 is 0 Å². The van der Waals surface area contributed by atoms with Gasteiger partial charge in [0, 0.05) is 19.1 Å². The molecule has 1 saturated carbocycles. The second-order valence-corrected chi connectivity index (χ2v) is 4.68. The predicted octanol–water partition coefficient (Wildman–Crippen LogP) is 1.21. The second kappa shape index (κ2) is 3.00. The Morgan fingerprint density at radius 2 is 2.08 bits per heavy atom. The van der Waals surface area contributed by atoms with Gasteiger partial charge in [-0.1, -0.05) is 6.42 Å². The fourth-order valence-corrected chi connectivity index (χ4v) is 2.54. The van der Waals surface area contributed by atoms with Crippen LogP contribution in [0.1, 0.15) is 32.6 Å². The van der Waals surface area contributed by atoms with Crippen LogP contribution < -0.4 is 5.73 Å². The Balaban J connectivity index is 1.73. The van der Waals surface area contributed by atoms with Crippen molar-refractivity contribution in [1.82, 2.24) is 4.90 Å². The Hall–Kier alpha value is -0.0800. The number of hydrogen-bond acceptors (Lipinski definition) is 2. The minimum atomic E-state index is 0.723. The Kier molecular flexibility index (Phi) is 2.13. The predicted molar refractivity (Wildman–Crippen MR) is 51.0 cm³/mol. The van der Waals surface area contributed by atoms with Crippen molar-refractivity contribution in [3.05, 3.63) is 0 Å². The van der Waals surface area contributed by atoms with Gasteiger partial charge < -0.3 is 5.73 Å². The number of hydrogen-bond donors (Lipinski definition) is 1. The van der Waals surface area contributed by atoms with E-state index in [0.29, 0.717) is 0 Å². The van der Waals surface area contributed by atoms with Crippen LogP contribution in [0.3, 0.4) is 0 Å². The normalized spacial score (nSPS) is 29.5. The van der Waals surface area contributed by atoms with Gasteiger partial charge in [0.15, 0.2) is 0 Å². The largest absolute Gasteiger partial charge is 0.330 e. The van der Waals surface area contributed by atoms with Crippen LogP contribution in [0.2, 0.25) is 0 Å². The van der Waals surface area contributed by atoms with E-state index in [2.05, 4.69) is 11.8 Å². The Morgan fingerprint density at radius 3 is 2.50 bits per heavy atom. The number of rotatable bonds is 3. The van der Waals surface area contributed by atoms with E-state index in [0.717, 1.165) is 24.4 Å². The molecule has 1 aliphatic carbocycles. The summed E-state index contributed by atoms with van der Waals surface area (Å²) >= 11 is 0. The molecule has 0 aromatic rings. The van der Waals surface area contributed by atoms with Crippen molar-refractivity contribution in [2.75, 3.05) is 19.6 Å². The SMILES string of the molecule is CC(CCN)N1CC2(CCC2)C1. The van der Waals surface area contributed by atoms with Crippen molar-refractivity contribution in [2.24, 2.45) is 11.1 Å². The molecule has 2 heteroatoms. The van der Waals surface area contributed by atoms with Gasteiger partial charge in [0.25, 0.3) is 0 Å². The highest BCUT2D eigenvalue weighted by atomic mass is 15.2. The van der Waals surface area contributed by atoms with E-state index in [9.17, 15) is 0 Å². The lowest BCUT2D eigenvalue weighted by Gasteiger charge is -2.58. The molecule has 2 N–H and O–H groups in total.